The van der Waals surface area contributed by atoms with Crippen molar-refractivity contribution in [1.29, 1.82) is 0 Å². The summed E-state index contributed by atoms with van der Waals surface area (Å²) in [5.41, 5.74) is 0. The van der Waals surface area contributed by atoms with E-state index < -0.39 is 0 Å². The molecule has 1 aliphatic rings. The third-order valence-electron chi connectivity index (χ3n) is 5.62. The highest BCUT2D eigenvalue weighted by Gasteiger charge is 2.25. The molecule has 1 saturated heterocycles. The minimum absolute atomic E-state index is 0.337. The molecule has 164 valence electrons. The first-order chi connectivity index (χ1) is 14.7. The second-order valence-electron chi connectivity index (χ2n) is 7.83. The van der Waals surface area contributed by atoms with Gasteiger partial charge in [-0.3, -0.25) is 9.89 Å². The molecule has 1 atom stereocenters. The van der Waals surface area contributed by atoms with Gasteiger partial charge in [0.05, 0.1) is 12.6 Å². The predicted molar refractivity (Wildman–Crippen MR) is 125 cm³/mol. The number of rotatable bonds is 10. The van der Waals surface area contributed by atoms with Crippen LogP contribution in [0, 0.1) is 5.92 Å². The van der Waals surface area contributed by atoms with Gasteiger partial charge in [0, 0.05) is 30.9 Å². The number of likely N-dealkylation sites (tertiary alicyclic amines) is 1. The minimum Gasteiger partial charge on any atom is -0.355 e. The van der Waals surface area contributed by atoms with Crippen LogP contribution in [0.1, 0.15) is 43.4 Å². The minimum atomic E-state index is 0.337. The molecular formula is C22H35N7S. The fourth-order valence-corrected chi connectivity index (χ4v) is 4.61. The smallest absolute Gasteiger partial charge is 0.191 e. The molecule has 1 unspecified atom stereocenters. The van der Waals surface area contributed by atoms with Gasteiger partial charge in [0.25, 0.3) is 0 Å². The Hall–Kier alpha value is -2.19. The average Bonchev–Trinajstić information content (AvgIpc) is 3.45. The van der Waals surface area contributed by atoms with Crippen LogP contribution in [0.25, 0.3) is 0 Å². The third-order valence-corrected chi connectivity index (χ3v) is 6.60. The molecule has 2 aromatic heterocycles. The van der Waals surface area contributed by atoms with E-state index in [1.165, 1.54) is 17.7 Å². The van der Waals surface area contributed by atoms with Gasteiger partial charge in [-0.15, -0.1) is 28.1 Å². The van der Waals surface area contributed by atoms with E-state index in [2.05, 4.69) is 68.2 Å². The Morgan fingerprint density at radius 3 is 2.93 bits per heavy atom. The molecule has 0 amide bonds. The van der Waals surface area contributed by atoms with E-state index >= 15 is 0 Å². The molecule has 8 heteroatoms. The first kappa shape index (κ1) is 22.5. The van der Waals surface area contributed by atoms with Crippen molar-refractivity contribution in [2.24, 2.45) is 10.9 Å². The maximum atomic E-state index is 4.94. The summed E-state index contributed by atoms with van der Waals surface area (Å²) in [5, 5.41) is 17.1. The van der Waals surface area contributed by atoms with E-state index in [4.69, 9.17) is 4.99 Å². The zero-order valence-corrected chi connectivity index (χ0v) is 19.1. The van der Waals surface area contributed by atoms with Gasteiger partial charge in [-0.25, -0.2) is 0 Å². The number of aliphatic imine (C=N–C) groups is 1. The molecule has 3 rings (SSSR count). The number of aryl methyl sites for hydroxylation is 1. The number of nitrogens with zero attached hydrogens (tertiary/aromatic N) is 5. The van der Waals surface area contributed by atoms with Crippen molar-refractivity contribution in [3.05, 3.63) is 47.2 Å². The second-order valence-corrected chi connectivity index (χ2v) is 8.81. The highest BCUT2D eigenvalue weighted by Crippen LogP contribution is 2.29. The Labute approximate surface area is 184 Å². The second kappa shape index (κ2) is 11.9. The highest BCUT2D eigenvalue weighted by molar-refractivity contribution is 7.10. The molecule has 1 aliphatic heterocycles. The van der Waals surface area contributed by atoms with E-state index in [9.17, 15) is 0 Å². The maximum Gasteiger partial charge on any atom is 0.191 e. The quantitative estimate of drug-likeness (QED) is 0.345. The molecule has 1 fully saturated rings. The van der Waals surface area contributed by atoms with Crippen LogP contribution in [0.2, 0.25) is 0 Å². The third kappa shape index (κ3) is 6.40. The number of aromatic nitrogens is 3. The summed E-state index contributed by atoms with van der Waals surface area (Å²) < 4.78 is 2.08. The van der Waals surface area contributed by atoms with Crippen LogP contribution >= 0.6 is 11.3 Å². The standard InChI is InChI=1S/C22H35N7S/c1-4-10-23-22(24-11-14-29-17-26-27-21(29)5-2)25-16-19(20-7-6-15-30-20)28-12-8-18(3)9-13-28/h4,6-7,15,17-19H,1,5,8-14,16H2,2-3H3,(H2,23,24,25). The van der Waals surface area contributed by atoms with Crippen LogP contribution in [0.5, 0.6) is 0 Å². The van der Waals surface area contributed by atoms with E-state index in [1.807, 2.05) is 17.4 Å². The van der Waals surface area contributed by atoms with Gasteiger partial charge in [-0.2, -0.15) is 0 Å². The average molecular weight is 430 g/mol. The SMILES string of the molecule is C=CCNC(=NCC(c1cccs1)N1CCC(C)CC1)NCCn1cnnc1CC. The molecule has 0 bridgehead atoms. The lowest BCUT2D eigenvalue weighted by atomic mass is 9.97. The van der Waals surface area contributed by atoms with E-state index in [0.717, 1.165) is 56.8 Å². The topological polar surface area (TPSA) is 70.4 Å². The molecule has 30 heavy (non-hydrogen) atoms. The summed E-state index contributed by atoms with van der Waals surface area (Å²) in [4.78, 5) is 8.94. The van der Waals surface area contributed by atoms with Gasteiger partial charge in [-0.1, -0.05) is 26.0 Å². The monoisotopic (exact) mass is 429 g/mol. The lowest BCUT2D eigenvalue weighted by Crippen LogP contribution is -2.41. The molecule has 0 aromatic carbocycles. The van der Waals surface area contributed by atoms with E-state index in [-0.39, 0.29) is 0 Å². The lowest BCUT2D eigenvalue weighted by molar-refractivity contribution is 0.143. The van der Waals surface area contributed by atoms with Crippen LogP contribution < -0.4 is 10.6 Å². The van der Waals surface area contributed by atoms with E-state index in [0.29, 0.717) is 12.6 Å². The fraction of sp³-hybridized carbons (Fsp3) is 0.591. The van der Waals surface area contributed by atoms with Gasteiger partial charge in [0.15, 0.2) is 5.96 Å². The zero-order chi connectivity index (χ0) is 21.2. The molecule has 3 heterocycles. The molecule has 2 N–H and O–H groups in total. The van der Waals surface area contributed by atoms with Crippen molar-refractivity contribution in [3.63, 3.8) is 0 Å². The number of thiophene rings is 1. The molecule has 0 spiro atoms. The highest BCUT2D eigenvalue weighted by atomic mass is 32.1. The molecule has 0 saturated carbocycles. The summed E-state index contributed by atoms with van der Waals surface area (Å²) >= 11 is 1.83. The fourth-order valence-electron chi connectivity index (χ4n) is 3.76. The molecular weight excluding hydrogens is 394 g/mol. The Morgan fingerprint density at radius 2 is 2.23 bits per heavy atom. The lowest BCUT2D eigenvalue weighted by Gasteiger charge is -2.35. The summed E-state index contributed by atoms with van der Waals surface area (Å²) in [6.45, 7) is 13.6. The first-order valence-electron chi connectivity index (χ1n) is 11.0. The van der Waals surface area contributed by atoms with Crippen LogP contribution in [-0.2, 0) is 13.0 Å². The van der Waals surface area contributed by atoms with Crippen LogP contribution in [-0.4, -0.2) is 58.3 Å². The normalized spacial score (nSPS) is 17.1. The number of hydrogen-bond donors (Lipinski definition) is 2. The van der Waals surface area contributed by atoms with Crippen molar-refractivity contribution in [3.8, 4) is 0 Å². The molecule has 0 radical (unpaired) electrons. The van der Waals surface area contributed by atoms with Crippen molar-refractivity contribution in [2.45, 2.75) is 45.7 Å². The largest absolute Gasteiger partial charge is 0.355 e. The molecule has 2 aromatic rings. The molecule has 0 aliphatic carbocycles. The Balaban J connectivity index is 1.63. The summed E-state index contributed by atoms with van der Waals surface area (Å²) in [7, 11) is 0. The van der Waals surface area contributed by atoms with Gasteiger partial charge < -0.3 is 15.2 Å². The van der Waals surface area contributed by atoms with Gasteiger partial charge in [-0.05, 0) is 43.3 Å². The Bertz CT molecular complexity index is 775. The van der Waals surface area contributed by atoms with Crippen LogP contribution in [0.15, 0.2) is 41.5 Å². The van der Waals surface area contributed by atoms with Crippen molar-refractivity contribution in [1.82, 2.24) is 30.3 Å². The predicted octanol–water partition coefficient (Wildman–Crippen LogP) is 3.10. The summed E-state index contributed by atoms with van der Waals surface area (Å²) in [5.74, 6) is 2.66. The van der Waals surface area contributed by atoms with Crippen LogP contribution in [0.3, 0.4) is 0 Å². The van der Waals surface area contributed by atoms with Crippen molar-refractivity contribution in [2.75, 3.05) is 32.7 Å². The number of nitrogens with one attached hydrogen (secondary N) is 2. The number of piperidine rings is 1. The number of guanidine groups is 1. The van der Waals surface area contributed by atoms with Gasteiger partial charge >= 0.3 is 0 Å². The summed E-state index contributed by atoms with van der Waals surface area (Å²) in [6.07, 6.45) is 7.06. The Morgan fingerprint density at radius 1 is 1.40 bits per heavy atom. The van der Waals surface area contributed by atoms with Crippen molar-refractivity contribution >= 4 is 17.3 Å². The zero-order valence-electron chi connectivity index (χ0n) is 18.3. The van der Waals surface area contributed by atoms with E-state index in [1.54, 1.807) is 6.33 Å². The van der Waals surface area contributed by atoms with Crippen molar-refractivity contribution < 1.29 is 0 Å². The van der Waals surface area contributed by atoms with Crippen LogP contribution in [0.4, 0.5) is 0 Å². The molecule has 7 nitrogen and oxygen atoms in total. The number of hydrogen-bond acceptors (Lipinski definition) is 5. The Kier molecular flexibility index (Phi) is 8.89. The summed E-state index contributed by atoms with van der Waals surface area (Å²) in [6, 6.07) is 4.72. The first-order valence-corrected chi connectivity index (χ1v) is 11.9. The van der Waals surface area contributed by atoms with Gasteiger partial charge in [0.1, 0.15) is 12.2 Å². The maximum absolute atomic E-state index is 4.94. The van der Waals surface area contributed by atoms with Gasteiger partial charge in [0.2, 0.25) is 0 Å².